The summed E-state index contributed by atoms with van der Waals surface area (Å²) in [5.74, 6) is 1.23. The molecule has 128 valence electrons. The molecule has 7 heteroatoms. The molecule has 1 N–H and O–H groups in total. The van der Waals surface area contributed by atoms with Gasteiger partial charge >= 0.3 is 0 Å². The average Bonchev–Trinajstić information content (AvgIpc) is 3.03. The van der Waals surface area contributed by atoms with Crippen molar-refractivity contribution < 1.29 is 0 Å². The lowest BCUT2D eigenvalue weighted by Crippen LogP contribution is -2.08. The first-order chi connectivity index (χ1) is 12.2. The number of aromatic amines is 1. The standard InChI is InChI=1S/C18H18BrN5O/c19-14-11-22-24-16(20-9-12-6-7-17(25)21-10-12)8-15(23-18(14)24)13-4-2-1-3-5-13/h6-11,13H,1-5H2,(H,21,25)/b20-9+. The third-order valence-electron chi connectivity index (χ3n) is 4.61. The molecule has 0 unspecified atom stereocenters. The van der Waals surface area contributed by atoms with E-state index in [4.69, 9.17) is 4.98 Å². The third-order valence-corrected chi connectivity index (χ3v) is 5.17. The molecular weight excluding hydrogens is 382 g/mol. The Bertz CT molecular complexity index is 964. The van der Waals surface area contributed by atoms with Gasteiger partial charge in [0.15, 0.2) is 11.5 Å². The smallest absolute Gasteiger partial charge is 0.247 e. The highest BCUT2D eigenvalue weighted by Gasteiger charge is 2.19. The molecule has 1 fully saturated rings. The largest absolute Gasteiger partial charge is 0.328 e. The van der Waals surface area contributed by atoms with Crippen LogP contribution in [0.4, 0.5) is 5.82 Å². The minimum absolute atomic E-state index is 0.126. The van der Waals surface area contributed by atoms with E-state index in [0.29, 0.717) is 5.92 Å². The lowest BCUT2D eigenvalue weighted by Gasteiger charge is -2.21. The maximum Gasteiger partial charge on any atom is 0.247 e. The second-order valence-corrected chi connectivity index (χ2v) is 7.20. The fraction of sp³-hybridized carbons (Fsp3) is 0.333. The van der Waals surface area contributed by atoms with Gasteiger partial charge in [0.25, 0.3) is 0 Å². The van der Waals surface area contributed by atoms with E-state index < -0.39 is 0 Å². The maximum absolute atomic E-state index is 11.2. The summed E-state index contributed by atoms with van der Waals surface area (Å²) in [5.41, 5.74) is 2.58. The Morgan fingerprint density at radius 1 is 1.28 bits per heavy atom. The van der Waals surface area contributed by atoms with Gasteiger partial charge in [0.1, 0.15) is 0 Å². The van der Waals surface area contributed by atoms with Gasteiger partial charge in [0, 0.05) is 41.7 Å². The summed E-state index contributed by atoms with van der Waals surface area (Å²) < 4.78 is 2.60. The van der Waals surface area contributed by atoms with E-state index in [0.717, 1.165) is 27.2 Å². The summed E-state index contributed by atoms with van der Waals surface area (Å²) in [5, 5.41) is 4.37. The molecule has 0 aromatic carbocycles. The fourth-order valence-electron chi connectivity index (χ4n) is 3.28. The number of hydrogen-bond donors (Lipinski definition) is 1. The molecule has 3 heterocycles. The van der Waals surface area contributed by atoms with Crippen molar-refractivity contribution in [1.82, 2.24) is 19.6 Å². The Morgan fingerprint density at radius 2 is 2.12 bits per heavy atom. The van der Waals surface area contributed by atoms with E-state index >= 15 is 0 Å². The van der Waals surface area contributed by atoms with Crippen molar-refractivity contribution in [1.29, 1.82) is 0 Å². The number of aromatic nitrogens is 4. The van der Waals surface area contributed by atoms with Crippen LogP contribution in [0.25, 0.3) is 5.65 Å². The number of hydrogen-bond acceptors (Lipinski definition) is 4. The predicted molar refractivity (Wildman–Crippen MR) is 101 cm³/mol. The number of H-pyrrole nitrogens is 1. The maximum atomic E-state index is 11.2. The minimum Gasteiger partial charge on any atom is -0.328 e. The quantitative estimate of drug-likeness (QED) is 0.676. The summed E-state index contributed by atoms with van der Waals surface area (Å²) in [7, 11) is 0. The van der Waals surface area contributed by atoms with E-state index in [1.54, 1.807) is 29.2 Å². The van der Waals surface area contributed by atoms with Gasteiger partial charge in [-0.25, -0.2) is 9.98 Å². The highest BCUT2D eigenvalue weighted by Crippen LogP contribution is 2.34. The molecule has 0 aliphatic heterocycles. The van der Waals surface area contributed by atoms with Crippen LogP contribution in [-0.4, -0.2) is 25.8 Å². The zero-order valence-corrected chi connectivity index (χ0v) is 15.2. The monoisotopic (exact) mass is 399 g/mol. The van der Waals surface area contributed by atoms with Gasteiger partial charge in [-0.15, -0.1) is 0 Å². The van der Waals surface area contributed by atoms with E-state index in [-0.39, 0.29) is 5.56 Å². The Kier molecular flexibility index (Phi) is 4.48. The summed E-state index contributed by atoms with van der Waals surface area (Å²) in [4.78, 5) is 23.2. The van der Waals surface area contributed by atoms with Crippen LogP contribution >= 0.6 is 15.9 Å². The van der Waals surface area contributed by atoms with Crippen LogP contribution < -0.4 is 5.56 Å². The molecule has 0 bridgehead atoms. The number of nitrogens with one attached hydrogen (secondary N) is 1. The van der Waals surface area contributed by atoms with E-state index in [1.165, 1.54) is 38.2 Å². The number of fused-ring (bicyclic) bond motifs is 1. The highest BCUT2D eigenvalue weighted by molar-refractivity contribution is 9.10. The Morgan fingerprint density at radius 3 is 2.88 bits per heavy atom. The molecule has 1 aliphatic carbocycles. The normalized spacial score (nSPS) is 16.0. The van der Waals surface area contributed by atoms with Crippen LogP contribution in [0.2, 0.25) is 0 Å². The van der Waals surface area contributed by atoms with Crippen LogP contribution in [0, 0.1) is 0 Å². The van der Waals surface area contributed by atoms with Crippen molar-refractivity contribution in [2.24, 2.45) is 4.99 Å². The van der Waals surface area contributed by atoms with Crippen molar-refractivity contribution >= 4 is 33.6 Å². The molecule has 6 nitrogen and oxygen atoms in total. The number of pyridine rings is 1. The zero-order valence-electron chi connectivity index (χ0n) is 13.7. The summed E-state index contributed by atoms with van der Waals surface area (Å²) in [6.07, 6.45) is 11.3. The number of aliphatic imine (C=N–C) groups is 1. The van der Waals surface area contributed by atoms with Crippen molar-refractivity contribution in [3.8, 4) is 0 Å². The second-order valence-electron chi connectivity index (χ2n) is 6.35. The van der Waals surface area contributed by atoms with E-state index in [2.05, 4.69) is 31.0 Å². The van der Waals surface area contributed by atoms with Crippen molar-refractivity contribution in [2.45, 2.75) is 38.0 Å². The molecule has 1 aliphatic rings. The average molecular weight is 400 g/mol. The molecule has 1 saturated carbocycles. The minimum atomic E-state index is -0.126. The molecule has 4 rings (SSSR count). The molecule has 0 spiro atoms. The van der Waals surface area contributed by atoms with Crippen LogP contribution in [0.3, 0.4) is 0 Å². The topological polar surface area (TPSA) is 75.4 Å². The van der Waals surface area contributed by atoms with Crippen LogP contribution in [-0.2, 0) is 0 Å². The summed E-state index contributed by atoms with van der Waals surface area (Å²) in [6.45, 7) is 0. The summed E-state index contributed by atoms with van der Waals surface area (Å²) in [6, 6.07) is 5.26. The van der Waals surface area contributed by atoms with Crippen LogP contribution in [0.5, 0.6) is 0 Å². The Hall–Kier alpha value is -2.28. The first kappa shape index (κ1) is 16.2. The van der Waals surface area contributed by atoms with Gasteiger partial charge < -0.3 is 4.98 Å². The SMILES string of the molecule is O=c1ccc(/C=N/c2cc(C3CCCCC3)nc3c(Br)cnn23)c[nH]1. The first-order valence-electron chi connectivity index (χ1n) is 8.48. The molecule has 0 atom stereocenters. The molecule has 25 heavy (non-hydrogen) atoms. The zero-order chi connectivity index (χ0) is 17.2. The number of rotatable bonds is 3. The van der Waals surface area contributed by atoms with Gasteiger partial charge in [-0.1, -0.05) is 19.3 Å². The molecule has 3 aromatic rings. The molecule has 0 saturated heterocycles. The first-order valence-corrected chi connectivity index (χ1v) is 9.27. The van der Waals surface area contributed by atoms with Gasteiger partial charge in [0.2, 0.25) is 5.56 Å². The molecule has 0 radical (unpaired) electrons. The Balaban J connectivity index is 1.75. The second kappa shape index (κ2) is 6.92. The van der Waals surface area contributed by atoms with Crippen LogP contribution in [0.1, 0.15) is 49.3 Å². The van der Waals surface area contributed by atoms with Crippen molar-refractivity contribution in [2.75, 3.05) is 0 Å². The van der Waals surface area contributed by atoms with Gasteiger partial charge in [-0.05, 0) is 34.8 Å². The Labute approximate surface area is 153 Å². The van der Waals surface area contributed by atoms with Crippen molar-refractivity contribution in [3.05, 3.63) is 56.7 Å². The van der Waals surface area contributed by atoms with E-state index in [1.807, 2.05) is 6.07 Å². The molecular formula is C18H18BrN5O. The van der Waals surface area contributed by atoms with Gasteiger partial charge in [0.05, 0.1) is 10.7 Å². The summed E-state index contributed by atoms with van der Waals surface area (Å²) >= 11 is 3.53. The lowest BCUT2D eigenvalue weighted by atomic mass is 9.87. The van der Waals surface area contributed by atoms with E-state index in [9.17, 15) is 4.79 Å². The molecule has 3 aromatic heterocycles. The molecule has 0 amide bonds. The third kappa shape index (κ3) is 3.42. The van der Waals surface area contributed by atoms with Crippen molar-refractivity contribution in [3.63, 3.8) is 0 Å². The van der Waals surface area contributed by atoms with Gasteiger partial charge in [-0.2, -0.15) is 9.61 Å². The number of nitrogens with zero attached hydrogens (tertiary/aromatic N) is 4. The lowest BCUT2D eigenvalue weighted by molar-refractivity contribution is 0.437. The predicted octanol–water partition coefficient (Wildman–Crippen LogP) is 3.98. The van der Waals surface area contributed by atoms with Gasteiger partial charge in [-0.3, -0.25) is 4.79 Å². The van der Waals surface area contributed by atoms with Crippen LogP contribution in [0.15, 0.2) is 44.9 Å². The highest BCUT2D eigenvalue weighted by atomic mass is 79.9. The fourth-order valence-corrected chi connectivity index (χ4v) is 3.63. The number of halogens is 1.